The van der Waals surface area contributed by atoms with Gasteiger partial charge in [-0.05, 0) is 59.1 Å². The summed E-state index contributed by atoms with van der Waals surface area (Å²) in [5, 5.41) is 0. The van der Waals surface area contributed by atoms with E-state index in [0.717, 1.165) is 10.0 Å². The zero-order valence-corrected chi connectivity index (χ0v) is 13.9. The summed E-state index contributed by atoms with van der Waals surface area (Å²) >= 11 is 3.40. The van der Waals surface area contributed by atoms with E-state index in [1.807, 2.05) is 44.2 Å². The minimum Gasteiger partial charge on any atom is -0.493 e. The van der Waals surface area contributed by atoms with Gasteiger partial charge in [0.2, 0.25) is 0 Å². The molecule has 21 heavy (non-hydrogen) atoms. The molecule has 0 heterocycles. The predicted octanol–water partition coefficient (Wildman–Crippen LogP) is 4.34. The number of ketones is 1. The molecule has 0 amide bonds. The number of hydrogen-bond acceptors (Lipinski definition) is 3. The molecule has 0 saturated carbocycles. The van der Waals surface area contributed by atoms with Crippen molar-refractivity contribution in [2.75, 3.05) is 13.7 Å². The van der Waals surface area contributed by atoms with Crippen LogP contribution in [0.4, 0.5) is 0 Å². The molecule has 0 spiro atoms. The van der Waals surface area contributed by atoms with Crippen LogP contribution in [0.5, 0.6) is 11.5 Å². The van der Waals surface area contributed by atoms with E-state index in [-0.39, 0.29) is 12.4 Å². The molecule has 2 rings (SSSR count). The van der Waals surface area contributed by atoms with E-state index in [0.29, 0.717) is 17.1 Å². The molecule has 3 nitrogen and oxygen atoms in total. The van der Waals surface area contributed by atoms with Crippen molar-refractivity contribution >= 4 is 21.7 Å². The average Bonchev–Trinajstić information content (AvgIpc) is 2.48. The van der Waals surface area contributed by atoms with E-state index in [9.17, 15) is 4.79 Å². The van der Waals surface area contributed by atoms with Crippen molar-refractivity contribution in [3.63, 3.8) is 0 Å². The second-order valence-electron chi connectivity index (χ2n) is 4.78. The van der Waals surface area contributed by atoms with Crippen molar-refractivity contribution in [3.05, 3.63) is 57.6 Å². The summed E-state index contributed by atoms with van der Waals surface area (Å²) in [6.07, 6.45) is 0. The first-order valence-electron chi connectivity index (χ1n) is 6.58. The maximum absolute atomic E-state index is 12.2. The number of Topliss-reactive ketones (excluding diaryl/α,β-unsaturated/α-hetero) is 1. The highest BCUT2D eigenvalue weighted by molar-refractivity contribution is 9.10. The Balaban J connectivity index is 2.13. The van der Waals surface area contributed by atoms with Crippen LogP contribution in [0.3, 0.4) is 0 Å². The third kappa shape index (κ3) is 3.64. The number of ether oxygens (including phenoxy) is 2. The van der Waals surface area contributed by atoms with Gasteiger partial charge in [0.25, 0.3) is 0 Å². The molecule has 110 valence electrons. The van der Waals surface area contributed by atoms with Gasteiger partial charge in [0, 0.05) is 5.56 Å². The molecular weight excluding hydrogens is 332 g/mol. The van der Waals surface area contributed by atoms with Gasteiger partial charge in [0.05, 0.1) is 11.6 Å². The van der Waals surface area contributed by atoms with Gasteiger partial charge in [-0.1, -0.05) is 18.2 Å². The van der Waals surface area contributed by atoms with Crippen LogP contribution in [0, 0.1) is 13.8 Å². The van der Waals surface area contributed by atoms with Crippen LogP contribution < -0.4 is 9.47 Å². The second-order valence-corrected chi connectivity index (χ2v) is 5.64. The van der Waals surface area contributed by atoms with E-state index in [1.54, 1.807) is 13.2 Å². The molecule has 0 aliphatic carbocycles. The van der Waals surface area contributed by atoms with E-state index >= 15 is 0 Å². The first kappa shape index (κ1) is 15.6. The van der Waals surface area contributed by atoms with Gasteiger partial charge in [-0.2, -0.15) is 0 Å². The quantitative estimate of drug-likeness (QED) is 0.754. The number of carbonyl (C=O) groups excluding carboxylic acids is 1. The summed E-state index contributed by atoms with van der Waals surface area (Å²) in [7, 11) is 1.57. The zero-order chi connectivity index (χ0) is 15.4. The van der Waals surface area contributed by atoms with Gasteiger partial charge in [-0.3, -0.25) is 4.79 Å². The van der Waals surface area contributed by atoms with Crippen LogP contribution in [0.1, 0.15) is 21.5 Å². The smallest absolute Gasteiger partial charge is 0.200 e. The van der Waals surface area contributed by atoms with Crippen molar-refractivity contribution in [3.8, 4) is 11.5 Å². The summed E-state index contributed by atoms with van der Waals surface area (Å²) in [4.78, 5) is 12.2. The Morgan fingerprint density at radius 3 is 2.57 bits per heavy atom. The maximum atomic E-state index is 12.2. The monoisotopic (exact) mass is 348 g/mol. The first-order valence-corrected chi connectivity index (χ1v) is 7.38. The van der Waals surface area contributed by atoms with E-state index < -0.39 is 0 Å². The lowest BCUT2D eigenvalue weighted by Gasteiger charge is -2.12. The summed E-state index contributed by atoms with van der Waals surface area (Å²) in [5.41, 5.74) is 2.92. The Morgan fingerprint density at radius 1 is 1.14 bits per heavy atom. The summed E-state index contributed by atoms with van der Waals surface area (Å²) in [6, 6.07) is 11.1. The summed E-state index contributed by atoms with van der Waals surface area (Å²) in [6.45, 7) is 3.98. The molecular formula is C17H17BrO3. The Bertz CT molecular complexity index is 665. The van der Waals surface area contributed by atoms with Crippen LogP contribution in [-0.2, 0) is 0 Å². The van der Waals surface area contributed by atoms with Crippen molar-refractivity contribution in [2.24, 2.45) is 0 Å². The maximum Gasteiger partial charge on any atom is 0.200 e. The lowest BCUT2D eigenvalue weighted by Crippen LogP contribution is -2.12. The Kier molecular flexibility index (Phi) is 5.02. The standard InChI is InChI=1S/C17H17BrO3/c1-11-7-8-13(9-12(11)2)15(19)10-21-17-14(18)5-4-6-16(17)20-3/h4-9H,10H2,1-3H3. The number of hydrogen-bond donors (Lipinski definition) is 0. The topological polar surface area (TPSA) is 35.5 Å². The van der Waals surface area contributed by atoms with Crippen molar-refractivity contribution in [1.82, 2.24) is 0 Å². The summed E-state index contributed by atoms with van der Waals surface area (Å²) in [5.74, 6) is 1.07. The van der Waals surface area contributed by atoms with Gasteiger partial charge in [0.15, 0.2) is 23.9 Å². The van der Waals surface area contributed by atoms with E-state index in [4.69, 9.17) is 9.47 Å². The lowest BCUT2D eigenvalue weighted by molar-refractivity contribution is 0.0919. The highest BCUT2D eigenvalue weighted by atomic mass is 79.9. The van der Waals surface area contributed by atoms with Gasteiger partial charge in [0.1, 0.15) is 0 Å². The number of rotatable bonds is 5. The van der Waals surface area contributed by atoms with Crippen molar-refractivity contribution in [1.29, 1.82) is 0 Å². The number of para-hydroxylation sites is 1. The normalized spacial score (nSPS) is 10.3. The third-order valence-electron chi connectivity index (χ3n) is 3.33. The Morgan fingerprint density at radius 2 is 1.90 bits per heavy atom. The minimum absolute atomic E-state index is 0.0263. The second kappa shape index (κ2) is 6.76. The van der Waals surface area contributed by atoms with Crippen LogP contribution in [0.15, 0.2) is 40.9 Å². The number of carbonyl (C=O) groups is 1. The van der Waals surface area contributed by atoms with Crippen LogP contribution in [0.25, 0.3) is 0 Å². The number of aryl methyl sites for hydroxylation is 2. The van der Waals surface area contributed by atoms with Gasteiger partial charge in [-0.25, -0.2) is 0 Å². The molecule has 0 aliphatic heterocycles. The largest absolute Gasteiger partial charge is 0.493 e. The fourth-order valence-electron chi connectivity index (χ4n) is 1.93. The molecule has 0 bridgehead atoms. The summed E-state index contributed by atoms with van der Waals surface area (Å²) < 4.78 is 11.6. The molecule has 0 N–H and O–H groups in total. The van der Waals surface area contributed by atoms with E-state index in [2.05, 4.69) is 15.9 Å². The molecule has 0 aromatic heterocycles. The minimum atomic E-state index is -0.0593. The number of benzene rings is 2. The molecule has 2 aromatic rings. The predicted molar refractivity (Wildman–Crippen MR) is 86.4 cm³/mol. The van der Waals surface area contributed by atoms with Gasteiger partial charge in [-0.15, -0.1) is 0 Å². The number of methoxy groups -OCH3 is 1. The fourth-order valence-corrected chi connectivity index (χ4v) is 2.39. The number of halogens is 1. The molecule has 2 aromatic carbocycles. The highest BCUT2D eigenvalue weighted by Crippen LogP contribution is 2.34. The van der Waals surface area contributed by atoms with Gasteiger partial charge >= 0.3 is 0 Å². The van der Waals surface area contributed by atoms with Gasteiger partial charge < -0.3 is 9.47 Å². The molecule has 0 radical (unpaired) electrons. The molecule has 4 heteroatoms. The van der Waals surface area contributed by atoms with E-state index in [1.165, 1.54) is 5.56 Å². The van der Waals surface area contributed by atoms with Crippen LogP contribution in [0.2, 0.25) is 0 Å². The Labute approximate surface area is 133 Å². The van der Waals surface area contributed by atoms with Crippen LogP contribution >= 0.6 is 15.9 Å². The third-order valence-corrected chi connectivity index (χ3v) is 3.95. The molecule has 0 aliphatic rings. The van der Waals surface area contributed by atoms with Crippen molar-refractivity contribution in [2.45, 2.75) is 13.8 Å². The lowest BCUT2D eigenvalue weighted by atomic mass is 10.0. The zero-order valence-electron chi connectivity index (χ0n) is 12.3. The average molecular weight is 349 g/mol. The highest BCUT2D eigenvalue weighted by Gasteiger charge is 2.12. The van der Waals surface area contributed by atoms with Crippen molar-refractivity contribution < 1.29 is 14.3 Å². The fraction of sp³-hybridized carbons (Fsp3) is 0.235. The molecule has 0 fully saturated rings. The molecule has 0 saturated heterocycles. The molecule has 0 atom stereocenters. The SMILES string of the molecule is COc1cccc(Br)c1OCC(=O)c1ccc(C)c(C)c1. The Hall–Kier alpha value is -1.81. The first-order chi connectivity index (χ1) is 10.0. The molecule has 0 unspecified atom stereocenters. The van der Waals surface area contributed by atoms with Crippen LogP contribution in [-0.4, -0.2) is 19.5 Å².